The lowest BCUT2D eigenvalue weighted by atomic mass is 10.2. The zero-order valence-corrected chi connectivity index (χ0v) is 12.4. The molecule has 0 unspecified atom stereocenters. The summed E-state index contributed by atoms with van der Waals surface area (Å²) in [6.45, 7) is 7.09. The van der Waals surface area contributed by atoms with Crippen LogP contribution in [0.1, 0.15) is 5.56 Å². The van der Waals surface area contributed by atoms with Crippen LogP contribution in [0.15, 0.2) is 24.3 Å². The minimum atomic E-state index is -0.953. The fraction of sp³-hybridized carbons (Fsp3) is 0.500. The minimum Gasteiger partial charge on any atom is -0.258 e. The lowest BCUT2D eigenvalue weighted by molar-refractivity contribution is -0.384. The highest BCUT2D eigenvalue weighted by Gasteiger charge is 2.12. The van der Waals surface area contributed by atoms with Gasteiger partial charge in [-0.15, -0.1) is 0 Å². The number of rotatable bonds is 6. The molecule has 1 rings (SSSR count). The van der Waals surface area contributed by atoms with Crippen molar-refractivity contribution >= 4 is 25.5 Å². The van der Waals surface area contributed by atoms with Crippen molar-refractivity contribution in [2.24, 2.45) is 0 Å². The molecule has 94 valence electrons. The smallest absolute Gasteiger partial charge is 0.258 e. The molecular formula is C12H19NO2SSi. The average Bonchev–Trinajstić information content (AvgIpc) is 2.23. The monoisotopic (exact) mass is 269 g/mol. The first kappa shape index (κ1) is 14.2. The van der Waals surface area contributed by atoms with Crippen LogP contribution in [0.4, 0.5) is 5.69 Å². The second-order valence-electron chi connectivity index (χ2n) is 5.29. The first-order valence-corrected chi connectivity index (χ1v) is 10.6. The van der Waals surface area contributed by atoms with Gasteiger partial charge in [0, 0.05) is 26.0 Å². The van der Waals surface area contributed by atoms with Gasteiger partial charge in [0.15, 0.2) is 0 Å². The summed E-state index contributed by atoms with van der Waals surface area (Å²) in [6, 6.07) is 8.21. The Hall–Kier alpha value is -0.813. The van der Waals surface area contributed by atoms with E-state index in [4.69, 9.17) is 0 Å². The SMILES string of the molecule is C[Si](C)(C)CCSCc1cccc([N+](=O)[O-])c1. The van der Waals surface area contributed by atoms with Gasteiger partial charge in [-0.3, -0.25) is 10.1 Å². The molecular weight excluding hydrogens is 250 g/mol. The predicted molar refractivity (Wildman–Crippen MR) is 77.4 cm³/mol. The summed E-state index contributed by atoms with van der Waals surface area (Å²) in [7, 11) is -0.953. The van der Waals surface area contributed by atoms with Crippen molar-refractivity contribution in [3.8, 4) is 0 Å². The van der Waals surface area contributed by atoms with E-state index < -0.39 is 8.07 Å². The van der Waals surface area contributed by atoms with Gasteiger partial charge >= 0.3 is 0 Å². The molecule has 0 heterocycles. The molecule has 1 aromatic carbocycles. The number of nitrogens with zero attached hydrogens (tertiary/aromatic N) is 1. The van der Waals surface area contributed by atoms with Gasteiger partial charge in [-0.25, -0.2) is 0 Å². The molecule has 0 aromatic heterocycles. The first-order chi connectivity index (χ1) is 7.88. The number of hydrogen-bond donors (Lipinski definition) is 0. The van der Waals surface area contributed by atoms with Crippen molar-refractivity contribution in [2.45, 2.75) is 31.4 Å². The van der Waals surface area contributed by atoms with Gasteiger partial charge in [-0.2, -0.15) is 11.8 Å². The van der Waals surface area contributed by atoms with E-state index in [1.54, 1.807) is 12.1 Å². The van der Waals surface area contributed by atoms with Crippen molar-refractivity contribution in [3.05, 3.63) is 39.9 Å². The molecule has 17 heavy (non-hydrogen) atoms. The van der Waals surface area contributed by atoms with Gasteiger partial charge in [0.25, 0.3) is 5.69 Å². The second kappa shape index (κ2) is 6.21. The molecule has 0 bridgehead atoms. The summed E-state index contributed by atoms with van der Waals surface area (Å²) in [4.78, 5) is 10.3. The maximum atomic E-state index is 10.6. The molecule has 0 saturated carbocycles. The second-order valence-corrected chi connectivity index (χ2v) is 12.0. The molecule has 0 atom stereocenters. The normalized spacial score (nSPS) is 11.5. The summed E-state index contributed by atoms with van der Waals surface area (Å²) >= 11 is 1.87. The summed E-state index contributed by atoms with van der Waals surface area (Å²) < 4.78 is 0. The van der Waals surface area contributed by atoms with Gasteiger partial charge in [0.1, 0.15) is 0 Å². The highest BCUT2D eigenvalue weighted by atomic mass is 32.2. The molecule has 5 heteroatoms. The highest BCUT2D eigenvalue weighted by molar-refractivity contribution is 7.98. The minimum absolute atomic E-state index is 0.188. The molecule has 0 N–H and O–H groups in total. The number of nitro groups is 1. The Balaban J connectivity index is 2.42. The van der Waals surface area contributed by atoms with Crippen molar-refractivity contribution in [2.75, 3.05) is 5.75 Å². The molecule has 0 fully saturated rings. The van der Waals surface area contributed by atoms with Gasteiger partial charge in [0.2, 0.25) is 0 Å². The van der Waals surface area contributed by atoms with E-state index in [0.717, 1.165) is 17.1 Å². The van der Waals surface area contributed by atoms with Gasteiger partial charge in [-0.05, 0) is 17.4 Å². The van der Waals surface area contributed by atoms with Gasteiger partial charge < -0.3 is 0 Å². The Morgan fingerprint density at radius 2 is 2.06 bits per heavy atom. The van der Waals surface area contributed by atoms with E-state index in [9.17, 15) is 10.1 Å². The molecule has 0 saturated heterocycles. The summed E-state index contributed by atoms with van der Waals surface area (Å²) in [5.41, 5.74) is 1.23. The Labute approximate surface area is 108 Å². The third-order valence-corrected chi connectivity index (χ3v) is 5.53. The van der Waals surface area contributed by atoms with Crippen molar-refractivity contribution in [3.63, 3.8) is 0 Å². The van der Waals surface area contributed by atoms with Gasteiger partial charge in [-0.1, -0.05) is 31.8 Å². The van der Waals surface area contributed by atoms with Crippen molar-refractivity contribution in [1.82, 2.24) is 0 Å². The van der Waals surface area contributed by atoms with E-state index in [1.165, 1.54) is 12.1 Å². The number of hydrogen-bond acceptors (Lipinski definition) is 3. The van der Waals surface area contributed by atoms with E-state index in [-0.39, 0.29) is 10.6 Å². The first-order valence-electron chi connectivity index (χ1n) is 5.69. The zero-order chi connectivity index (χ0) is 12.9. The fourth-order valence-electron chi connectivity index (χ4n) is 1.33. The summed E-state index contributed by atoms with van der Waals surface area (Å²) in [5.74, 6) is 2.02. The predicted octanol–water partition coefficient (Wildman–Crippen LogP) is 4.17. The van der Waals surface area contributed by atoms with E-state index >= 15 is 0 Å². The quantitative estimate of drug-likeness (QED) is 0.337. The molecule has 0 radical (unpaired) electrons. The summed E-state index contributed by atoms with van der Waals surface area (Å²) in [5, 5.41) is 10.6. The van der Waals surface area contributed by atoms with Crippen LogP contribution in [-0.4, -0.2) is 18.8 Å². The van der Waals surface area contributed by atoms with Crippen LogP contribution in [0, 0.1) is 10.1 Å². The topological polar surface area (TPSA) is 43.1 Å². The third-order valence-electron chi connectivity index (χ3n) is 2.39. The van der Waals surface area contributed by atoms with E-state index in [0.29, 0.717) is 0 Å². The molecule has 0 aliphatic rings. The third kappa shape index (κ3) is 5.88. The van der Waals surface area contributed by atoms with E-state index in [2.05, 4.69) is 19.6 Å². The Morgan fingerprint density at radius 3 is 2.65 bits per heavy atom. The standard InChI is InChI=1S/C12H19NO2SSi/c1-17(2,3)8-7-16-10-11-5-4-6-12(9-11)13(14)15/h4-6,9H,7-8,10H2,1-3H3. The highest BCUT2D eigenvalue weighted by Crippen LogP contribution is 2.20. The Bertz CT molecular complexity index is 390. The molecule has 3 nitrogen and oxygen atoms in total. The van der Waals surface area contributed by atoms with Gasteiger partial charge in [0.05, 0.1) is 4.92 Å². The molecule has 1 aromatic rings. The number of nitro benzene ring substituents is 1. The van der Waals surface area contributed by atoms with Crippen LogP contribution in [0.5, 0.6) is 0 Å². The molecule has 0 amide bonds. The van der Waals surface area contributed by atoms with Crippen LogP contribution in [0.2, 0.25) is 25.7 Å². The lowest BCUT2D eigenvalue weighted by Crippen LogP contribution is -2.19. The lowest BCUT2D eigenvalue weighted by Gasteiger charge is -2.14. The Morgan fingerprint density at radius 1 is 1.35 bits per heavy atom. The molecule has 0 aliphatic heterocycles. The zero-order valence-electron chi connectivity index (χ0n) is 10.6. The van der Waals surface area contributed by atoms with Crippen molar-refractivity contribution < 1.29 is 4.92 Å². The van der Waals surface area contributed by atoms with Crippen LogP contribution >= 0.6 is 11.8 Å². The van der Waals surface area contributed by atoms with Crippen molar-refractivity contribution in [1.29, 1.82) is 0 Å². The summed E-state index contributed by atoms with van der Waals surface area (Å²) in [6.07, 6.45) is 0. The van der Waals surface area contributed by atoms with Crippen LogP contribution in [0.25, 0.3) is 0 Å². The molecule has 0 spiro atoms. The number of benzene rings is 1. The largest absolute Gasteiger partial charge is 0.269 e. The molecule has 0 aliphatic carbocycles. The Kier molecular flexibility index (Phi) is 5.20. The maximum Gasteiger partial charge on any atom is 0.269 e. The number of thioether (sulfide) groups is 1. The van der Waals surface area contributed by atoms with E-state index in [1.807, 2.05) is 17.8 Å². The maximum absolute atomic E-state index is 10.6. The number of non-ortho nitro benzene ring substituents is 1. The van der Waals surface area contributed by atoms with Crippen LogP contribution < -0.4 is 0 Å². The van der Waals surface area contributed by atoms with Crippen LogP contribution in [0.3, 0.4) is 0 Å². The van der Waals surface area contributed by atoms with Crippen LogP contribution in [-0.2, 0) is 5.75 Å². The average molecular weight is 269 g/mol. The fourth-order valence-corrected chi connectivity index (χ4v) is 4.91.